The molecular weight excluding hydrogens is 388 g/mol. The Morgan fingerprint density at radius 1 is 1.28 bits per heavy atom. The van der Waals surface area contributed by atoms with E-state index >= 15 is 0 Å². The molecule has 3 aromatic rings. The molecule has 6 nitrogen and oxygen atoms in total. The zero-order chi connectivity index (χ0) is 18.0. The molecule has 0 aliphatic carbocycles. The number of halogens is 1. The minimum atomic E-state index is -0.778. The molecule has 0 atom stereocenters. The van der Waals surface area contributed by atoms with Crippen molar-refractivity contribution in [1.29, 1.82) is 0 Å². The van der Waals surface area contributed by atoms with Gasteiger partial charge in [0.15, 0.2) is 0 Å². The highest BCUT2D eigenvalue weighted by atomic mass is 79.9. The van der Waals surface area contributed by atoms with E-state index in [4.69, 9.17) is 14.2 Å². The molecule has 0 bridgehead atoms. The number of H-pyrrole nitrogens is 1. The first-order valence-corrected chi connectivity index (χ1v) is 9.01. The molecule has 0 radical (unpaired) electrons. The number of carbonyl (C=O) groups excluding carboxylic acids is 1. The lowest BCUT2D eigenvalue weighted by atomic mass is 10.0. The Labute approximate surface area is 153 Å². The molecule has 132 valence electrons. The summed E-state index contributed by atoms with van der Waals surface area (Å²) in [6.07, 6.45) is 0.611. The zero-order valence-corrected chi connectivity index (χ0v) is 15.8. The maximum atomic E-state index is 11.9. The fourth-order valence-corrected chi connectivity index (χ4v) is 3.30. The second-order valence-electron chi connectivity index (χ2n) is 5.88. The summed E-state index contributed by atoms with van der Waals surface area (Å²) in [4.78, 5) is 19.5. The normalized spacial score (nSPS) is 11.4. The summed E-state index contributed by atoms with van der Waals surface area (Å²) in [5, 5.41) is 2.71. The van der Waals surface area contributed by atoms with Crippen molar-refractivity contribution >= 4 is 43.9 Å². The van der Waals surface area contributed by atoms with Gasteiger partial charge in [0, 0.05) is 28.7 Å². The summed E-state index contributed by atoms with van der Waals surface area (Å²) < 4.78 is 15.7. The van der Waals surface area contributed by atoms with Crippen LogP contribution in [0.5, 0.6) is 5.88 Å². The predicted molar refractivity (Wildman–Crippen MR) is 99.2 cm³/mol. The Balaban J connectivity index is 2.20. The smallest absolute Gasteiger partial charge is 0.431 e. The van der Waals surface area contributed by atoms with Crippen molar-refractivity contribution < 1.29 is 19.0 Å². The number of rotatable bonds is 5. The minimum absolute atomic E-state index is 0.199. The van der Waals surface area contributed by atoms with Crippen LogP contribution in [0.3, 0.4) is 0 Å². The third-order valence-electron chi connectivity index (χ3n) is 3.75. The van der Waals surface area contributed by atoms with Gasteiger partial charge in [-0.2, -0.15) is 0 Å². The average Bonchev–Trinajstić information content (AvgIpc) is 2.95. The number of hydrogen-bond acceptors (Lipinski definition) is 5. The van der Waals surface area contributed by atoms with Crippen molar-refractivity contribution in [2.24, 2.45) is 0 Å². The summed E-state index contributed by atoms with van der Waals surface area (Å²) in [5.41, 5.74) is 3.69. The Kier molecular flexibility index (Phi) is 5.24. The van der Waals surface area contributed by atoms with E-state index in [0.29, 0.717) is 10.9 Å². The number of aromatic nitrogens is 2. The predicted octanol–water partition coefficient (Wildman–Crippen LogP) is 4.68. The van der Waals surface area contributed by atoms with Gasteiger partial charge in [0.25, 0.3) is 0 Å². The van der Waals surface area contributed by atoms with E-state index in [1.165, 1.54) is 0 Å². The van der Waals surface area contributed by atoms with Crippen LogP contribution in [0, 0.1) is 0 Å². The molecule has 0 aliphatic heterocycles. The number of methoxy groups -OCH3 is 1. The number of hydrogen-bond donors (Lipinski definition) is 1. The number of nitrogens with one attached hydrogen (secondary N) is 1. The van der Waals surface area contributed by atoms with E-state index < -0.39 is 6.16 Å². The minimum Gasteiger partial charge on any atom is -0.431 e. The first-order chi connectivity index (χ1) is 12.0. The Hall–Kier alpha value is -2.12. The fraction of sp³-hybridized carbons (Fsp3) is 0.333. The Morgan fingerprint density at radius 2 is 2.08 bits per heavy atom. The largest absolute Gasteiger partial charge is 0.515 e. The van der Waals surface area contributed by atoms with E-state index in [2.05, 4.69) is 32.0 Å². The zero-order valence-electron chi connectivity index (χ0n) is 14.3. The van der Waals surface area contributed by atoms with Gasteiger partial charge in [-0.15, -0.1) is 0 Å². The molecule has 0 saturated heterocycles. The van der Waals surface area contributed by atoms with E-state index in [0.717, 1.165) is 27.4 Å². The van der Waals surface area contributed by atoms with Gasteiger partial charge in [-0.1, -0.05) is 28.1 Å². The maximum absolute atomic E-state index is 11.9. The number of pyridine rings is 1. The number of aromatic amines is 1. The van der Waals surface area contributed by atoms with Crippen LogP contribution in [-0.2, 0) is 21.4 Å². The molecular formula is C18H19BrN2O4. The second-order valence-corrected chi connectivity index (χ2v) is 6.44. The number of alkyl halides is 1. The Morgan fingerprint density at radius 3 is 2.76 bits per heavy atom. The molecule has 0 spiro atoms. The Bertz CT molecular complexity index is 920. The molecule has 7 heteroatoms. The van der Waals surface area contributed by atoms with Crippen molar-refractivity contribution in [3.8, 4) is 5.88 Å². The highest BCUT2D eigenvalue weighted by molar-refractivity contribution is 9.08. The van der Waals surface area contributed by atoms with E-state index in [9.17, 15) is 4.79 Å². The van der Waals surface area contributed by atoms with Crippen LogP contribution >= 0.6 is 15.9 Å². The molecule has 25 heavy (non-hydrogen) atoms. The molecule has 0 amide bonds. The van der Waals surface area contributed by atoms with Crippen molar-refractivity contribution in [3.05, 3.63) is 35.5 Å². The first kappa shape index (κ1) is 17.7. The molecule has 0 fully saturated rings. The van der Waals surface area contributed by atoms with Gasteiger partial charge in [-0.3, -0.25) is 0 Å². The van der Waals surface area contributed by atoms with Gasteiger partial charge in [-0.05, 0) is 25.5 Å². The maximum Gasteiger partial charge on any atom is 0.515 e. The van der Waals surface area contributed by atoms with Gasteiger partial charge in [0.1, 0.15) is 0 Å². The summed E-state index contributed by atoms with van der Waals surface area (Å²) in [5.74, 6) is 0.199. The van der Waals surface area contributed by atoms with Crippen molar-refractivity contribution in [2.45, 2.75) is 31.9 Å². The topological polar surface area (TPSA) is 73.4 Å². The number of carbonyl (C=O) groups is 1. The quantitative estimate of drug-likeness (QED) is 0.491. The second kappa shape index (κ2) is 7.41. The highest BCUT2D eigenvalue weighted by Gasteiger charge is 2.20. The van der Waals surface area contributed by atoms with Crippen LogP contribution in [0.15, 0.2) is 24.4 Å². The summed E-state index contributed by atoms with van der Waals surface area (Å²) in [7, 11) is 1.59. The van der Waals surface area contributed by atoms with Gasteiger partial charge in [0.2, 0.25) is 5.88 Å². The summed E-state index contributed by atoms with van der Waals surface area (Å²) in [6, 6.07) is 6.05. The number of fused-ring (bicyclic) bond motifs is 3. The third-order valence-corrected chi connectivity index (χ3v) is 4.36. The van der Waals surface area contributed by atoms with Crippen LogP contribution in [0.25, 0.3) is 21.8 Å². The first-order valence-electron chi connectivity index (χ1n) is 7.89. The summed E-state index contributed by atoms with van der Waals surface area (Å²) >= 11 is 3.53. The highest BCUT2D eigenvalue weighted by Crippen LogP contribution is 2.35. The number of nitrogens with zero attached hydrogens (tertiary/aromatic N) is 1. The lowest BCUT2D eigenvalue weighted by Gasteiger charge is -2.12. The van der Waals surface area contributed by atoms with Crippen LogP contribution in [-0.4, -0.2) is 29.3 Å². The molecule has 2 aromatic heterocycles. The average molecular weight is 407 g/mol. The molecule has 0 saturated carbocycles. The molecule has 0 unspecified atom stereocenters. The molecule has 0 aliphatic rings. The van der Waals surface area contributed by atoms with Crippen LogP contribution < -0.4 is 4.74 Å². The van der Waals surface area contributed by atoms with Crippen molar-refractivity contribution in [3.63, 3.8) is 0 Å². The number of benzene rings is 1. The summed E-state index contributed by atoms with van der Waals surface area (Å²) in [6.45, 7) is 3.78. The fourth-order valence-electron chi connectivity index (χ4n) is 2.83. The SMILES string of the molecule is COCc1c(OC(=O)OC(C)C)ncc2[nH]c3cccc(CBr)c3c12. The van der Waals surface area contributed by atoms with E-state index in [-0.39, 0.29) is 18.6 Å². The lowest BCUT2D eigenvalue weighted by molar-refractivity contribution is 0.0705. The van der Waals surface area contributed by atoms with E-state index in [1.807, 2.05) is 12.1 Å². The van der Waals surface area contributed by atoms with Gasteiger partial charge < -0.3 is 19.2 Å². The van der Waals surface area contributed by atoms with Crippen LogP contribution in [0.2, 0.25) is 0 Å². The molecule has 1 N–H and O–H groups in total. The van der Waals surface area contributed by atoms with Gasteiger partial charge in [-0.25, -0.2) is 9.78 Å². The molecule has 3 rings (SSSR count). The number of ether oxygens (including phenoxy) is 3. The third kappa shape index (κ3) is 3.48. The molecule has 2 heterocycles. The van der Waals surface area contributed by atoms with Gasteiger partial charge >= 0.3 is 6.16 Å². The molecule has 1 aromatic carbocycles. The van der Waals surface area contributed by atoms with Crippen LogP contribution in [0.4, 0.5) is 4.79 Å². The lowest BCUT2D eigenvalue weighted by Crippen LogP contribution is -2.17. The van der Waals surface area contributed by atoms with Crippen molar-refractivity contribution in [1.82, 2.24) is 9.97 Å². The van der Waals surface area contributed by atoms with Crippen LogP contribution in [0.1, 0.15) is 25.0 Å². The van der Waals surface area contributed by atoms with E-state index in [1.54, 1.807) is 27.2 Å². The van der Waals surface area contributed by atoms with Gasteiger partial charge in [0.05, 0.1) is 30.0 Å². The van der Waals surface area contributed by atoms with Crippen molar-refractivity contribution in [2.75, 3.05) is 7.11 Å². The standard InChI is InChI=1S/C18H19BrN2O4/c1-10(2)24-18(22)25-17-12(9-23-3)16-14(8-20-17)21-13-6-4-5-11(7-19)15(13)16/h4-6,8,10,21H,7,9H2,1-3H3. The monoisotopic (exact) mass is 406 g/mol.